The van der Waals surface area contributed by atoms with E-state index >= 15 is 0 Å². The molecule has 1 aromatic rings. The molecule has 1 N–H and O–H groups in total. The molecule has 0 spiro atoms. The second kappa shape index (κ2) is 2.84. The summed E-state index contributed by atoms with van der Waals surface area (Å²) in [7, 11) is 0. The van der Waals surface area contributed by atoms with Crippen LogP contribution in [0.2, 0.25) is 0 Å². The van der Waals surface area contributed by atoms with E-state index in [4.69, 9.17) is 0 Å². The van der Waals surface area contributed by atoms with Crippen LogP contribution in [0.4, 0.5) is 0 Å². The van der Waals surface area contributed by atoms with Gasteiger partial charge >= 0.3 is 0 Å². The maximum atomic E-state index is 10.2. The quantitative estimate of drug-likeness (QED) is 0.765. The number of aryl methyl sites for hydroxylation is 1. The summed E-state index contributed by atoms with van der Waals surface area (Å²) in [6.45, 7) is 4.80. The first-order chi connectivity index (χ1) is 6.14. The maximum absolute atomic E-state index is 10.2. The van der Waals surface area contributed by atoms with Gasteiger partial charge in [-0.3, -0.25) is 4.68 Å². The van der Waals surface area contributed by atoms with Crippen LogP contribution >= 0.6 is 0 Å². The molecule has 1 atom stereocenters. The average Bonchev–Trinajstić information content (AvgIpc) is 2.84. The van der Waals surface area contributed by atoms with Crippen molar-refractivity contribution in [1.29, 1.82) is 0 Å². The third-order valence-electron chi connectivity index (χ3n) is 2.91. The molecule has 0 bridgehead atoms. The lowest BCUT2D eigenvalue weighted by Crippen LogP contribution is -2.23. The molecule has 1 aliphatic rings. The van der Waals surface area contributed by atoms with E-state index in [1.54, 1.807) is 6.20 Å². The number of hydrogen-bond donors (Lipinski definition) is 1. The van der Waals surface area contributed by atoms with Gasteiger partial charge in [0.1, 0.15) is 0 Å². The third-order valence-corrected chi connectivity index (χ3v) is 2.91. The molecule has 2 rings (SSSR count). The Balaban J connectivity index is 2.22. The summed E-state index contributed by atoms with van der Waals surface area (Å²) in [6.07, 6.45) is 6.01. The van der Waals surface area contributed by atoms with Crippen LogP contribution in [0, 0.1) is 5.92 Å². The third kappa shape index (κ3) is 1.48. The number of aromatic nitrogens is 2. The Morgan fingerprint density at radius 3 is 2.85 bits per heavy atom. The van der Waals surface area contributed by atoms with E-state index in [1.165, 1.54) is 0 Å². The molecule has 3 nitrogen and oxygen atoms in total. The molecular weight excluding hydrogens is 164 g/mol. The first kappa shape index (κ1) is 8.75. The highest BCUT2D eigenvalue weighted by atomic mass is 16.3. The standard InChI is InChI=1S/C10H16N2O/c1-3-12-7-9(6-11-12)10(2,13)8-4-5-8/h6-8,13H,3-5H2,1-2H3. The van der Waals surface area contributed by atoms with E-state index in [0.717, 1.165) is 24.9 Å². The molecular formula is C10H16N2O. The van der Waals surface area contributed by atoms with E-state index in [1.807, 2.05) is 24.7 Å². The van der Waals surface area contributed by atoms with E-state index in [0.29, 0.717) is 5.92 Å². The van der Waals surface area contributed by atoms with Gasteiger partial charge in [0, 0.05) is 18.3 Å². The zero-order chi connectivity index (χ0) is 9.47. The van der Waals surface area contributed by atoms with Crippen molar-refractivity contribution >= 4 is 0 Å². The molecule has 1 unspecified atom stereocenters. The van der Waals surface area contributed by atoms with Gasteiger partial charge in [-0.2, -0.15) is 5.10 Å². The number of rotatable bonds is 3. The van der Waals surface area contributed by atoms with Gasteiger partial charge < -0.3 is 5.11 Å². The normalized spacial score (nSPS) is 21.5. The smallest absolute Gasteiger partial charge is 0.0926 e. The van der Waals surface area contributed by atoms with Crippen molar-refractivity contribution in [2.75, 3.05) is 0 Å². The van der Waals surface area contributed by atoms with Crippen LogP contribution in [0.1, 0.15) is 32.3 Å². The summed E-state index contributed by atoms with van der Waals surface area (Å²) in [5.41, 5.74) is 0.296. The number of nitrogens with zero attached hydrogens (tertiary/aromatic N) is 2. The van der Waals surface area contributed by atoms with Gasteiger partial charge in [0.15, 0.2) is 0 Å². The molecule has 0 aromatic carbocycles. The predicted molar refractivity (Wildman–Crippen MR) is 50.2 cm³/mol. The summed E-state index contributed by atoms with van der Waals surface area (Å²) in [5, 5.41) is 14.3. The second-order valence-electron chi connectivity index (χ2n) is 4.01. The number of hydrogen-bond acceptors (Lipinski definition) is 2. The van der Waals surface area contributed by atoms with Crippen molar-refractivity contribution in [2.24, 2.45) is 5.92 Å². The lowest BCUT2D eigenvalue weighted by atomic mass is 9.94. The molecule has 3 heteroatoms. The van der Waals surface area contributed by atoms with E-state index in [2.05, 4.69) is 5.10 Å². The van der Waals surface area contributed by atoms with Crippen LogP contribution in [-0.2, 0) is 12.1 Å². The maximum Gasteiger partial charge on any atom is 0.0926 e. The summed E-state index contributed by atoms with van der Waals surface area (Å²) in [6, 6.07) is 0. The van der Waals surface area contributed by atoms with Crippen molar-refractivity contribution < 1.29 is 5.11 Å². The monoisotopic (exact) mass is 180 g/mol. The first-order valence-corrected chi connectivity index (χ1v) is 4.90. The van der Waals surface area contributed by atoms with E-state index < -0.39 is 5.60 Å². The van der Waals surface area contributed by atoms with Gasteiger partial charge in [-0.05, 0) is 32.6 Å². The van der Waals surface area contributed by atoms with Gasteiger partial charge in [-0.1, -0.05) is 0 Å². The molecule has 72 valence electrons. The SMILES string of the molecule is CCn1cc(C(C)(O)C2CC2)cn1. The van der Waals surface area contributed by atoms with Crippen LogP contribution in [0.15, 0.2) is 12.4 Å². The summed E-state index contributed by atoms with van der Waals surface area (Å²) < 4.78 is 1.85. The second-order valence-corrected chi connectivity index (χ2v) is 4.01. The van der Waals surface area contributed by atoms with Crippen LogP contribution < -0.4 is 0 Å². The minimum absolute atomic E-state index is 0.446. The summed E-state index contributed by atoms with van der Waals surface area (Å²) >= 11 is 0. The molecule has 1 saturated carbocycles. The fourth-order valence-corrected chi connectivity index (χ4v) is 1.68. The highest BCUT2D eigenvalue weighted by molar-refractivity contribution is 5.17. The van der Waals surface area contributed by atoms with E-state index in [-0.39, 0.29) is 0 Å². The Morgan fingerprint density at radius 1 is 1.69 bits per heavy atom. The molecule has 1 heterocycles. The zero-order valence-corrected chi connectivity index (χ0v) is 8.20. The Labute approximate surface area is 78.4 Å². The van der Waals surface area contributed by atoms with Crippen LogP contribution in [0.3, 0.4) is 0 Å². The van der Waals surface area contributed by atoms with E-state index in [9.17, 15) is 5.11 Å². The van der Waals surface area contributed by atoms with Crippen molar-refractivity contribution in [2.45, 2.75) is 38.8 Å². The highest BCUT2D eigenvalue weighted by Gasteiger charge is 2.41. The average molecular weight is 180 g/mol. The largest absolute Gasteiger partial charge is 0.385 e. The molecule has 0 amide bonds. The lowest BCUT2D eigenvalue weighted by Gasteiger charge is -2.20. The predicted octanol–water partition coefficient (Wildman–Crippen LogP) is 1.52. The Bertz CT molecular complexity index is 300. The molecule has 0 radical (unpaired) electrons. The van der Waals surface area contributed by atoms with Gasteiger partial charge in [0.25, 0.3) is 0 Å². The topological polar surface area (TPSA) is 38.0 Å². The minimum atomic E-state index is -0.659. The van der Waals surface area contributed by atoms with Crippen molar-refractivity contribution in [3.05, 3.63) is 18.0 Å². The van der Waals surface area contributed by atoms with Crippen LogP contribution in [0.25, 0.3) is 0 Å². The zero-order valence-electron chi connectivity index (χ0n) is 8.20. The number of aliphatic hydroxyl groups is 1. The van der Waals surface area contributed by atoms with Crippen molar-refractivity contribution in [3.63, 3.8) is 0 Å². The fraction of sp³-hybridized carbons (Fsp3) is 0.700. The Kier molecular flexibility index (Phi) is 1.91. The van der Waals surface area contributed by atoms with Gasteiger partial charge in [-0.25, -0.2) is 0 Å². The Morgan fingerprint density at radius 2 is 2.38 bits per heavy atom. The molecule has 1 fully saturated rings. The molecule has 1 aliphatic carbocycles. The molecule has 0 aliphatic heterocycles. The van der Waals surface area contributed by atoms with Gasteiger partial charge in [0.05, 0.1) is 11.8 Å². The summed E-state index contributed by atoms with van der Waals surface area (Å²) in [4.78, 5) is 0. The van der Waals surface area contributed by atoms with Crippen LogP contribution in [-0.4, -0.2) is 14.9 Å². The van der Waals surface area contributed by atoms with Gasteiger partial charge in [0.2, 0.25) is 0 Å². The molecule has 13 heavy (non-hydrogen) atoms. The minimum Gasteiger partial charge on any atom is -0.385 e. The summed E-state index contributed by atoms with van der Waals surface area (Å²) in [5.74, 6) is 0.446. The first-order valence-electron chi connectivity index (χ1n) is 4.90. The van der Waals surface area contributed by atoms with Crippen molar-refractivity contribution in [3.8, 4) is 0 Å². The molecule has 0 saturated heterocycles. The highest BCUT2D eigenvalue weighted by Crippen LogP contribution is 2.45. The molecule has 1 aromatic heterocycles. The van der Waals surface area contributed by atoms with Crippen LogP contribution in [0.5, 0.6) is 0 Å². The fourth-order valence-electron chi connectivity index (χ4n) is 1.68. The lowest BCUT2D eigenvalue weighted by molar-refractivity contribution is 0.0330. The Hall–Kier alpha value is -0.830. The van der Waals surface area contributed by atoms with Gasteiger partial charge in [-0.15, -0.1) is 0 Å². The van der Waals surface area contributed by atoms with Crippen molar-refractivity contribution in [1.82, 2.24) is 9.78 Å².